The van der Waals surface area contributed by atoms with E-state index in [9.17, 15) is 14.4 Å². The van der Waals surface area contributed by atoms with Crippen molar-refractivity contribution in [2.75, 3.05) is 0 Å². The molecule has 21 heavy (non-hydrogen) atoms. The average Bonchev–Trinajstić information content (AvgIpc) is 2.56. The minimum atomic E-state index is -0.919. The molecule has 0 aromatic carbocycles. The predicted octanol–water partition coefficient (Wildman–Crippen LogP) is 2.48. The number of imide groups is 1. The molecule has 2 saturated carbocycles. The molecule has 2 amide bonds. The lowest BCUT2D eigenvalue weighted by Gasteiger charge is -2.47. The molecular formula is C16H23NO4. The maximum Gasteiger partial charge on any atom is 0.305 e. The van der Waals surface area contributed by atoms with Gasteiger partial charge >= 0.3 is 5.97 Å². The van der Waals surface area contributed by atoms with Crippen molar-refractivity contribution in [2.45, 2.75) is 76.2 Å². The molecule has 0 bridgehead atoms. The molecule has 0 unspecified atom stereocenters. The first kappa shape index (κ1) is 14.5. The van der Waals surface area contributed by atoms with Crippen LogP contribution in [0.4, 0.5) is 0 Å². The number of amides is 2. The summed E-state index contributed by atoms with van der Waals surface area (Å²) >= 11 is 0. The number of hydrogen-bond donors (Lipinski definition) is 1. The molecule has 1 N–H and O–H groups in total. The molecule has 0 radical (unpaired) electrons. The lowest BCUT2D eigenvalue weighted by Crippen LogP contribution is -2.58. The number of likely N-dealkylation sites (tertiary alicyclic amines) is 1. The highest BCUT2D eigenvalue weighted by molar-refractivity contribution is 6.07. The summed E-state index contributed by atoms with van der Waals surface area (Å²) in [6.07, 6.45) is 8.23. The minimum absolute atomic E-state index is 0.0737. The van der Waals surface area contributed by atoms with Crippen LogP contribution in [0.5, 0.6) is 0 Å². The smallest absolute Gasteiger partial charge is 0.305 e. The first-order valence-electron chi connectivity index (χ1n) is 8.09. The van der Waals surface area contributed by atoms with E-state index in [0.717, 1.165) is 44.9 Å². The van der Waals surface area contributed by atoms with Crippen molar-refractivity contribution in [1.82, 2.24) is 4.90 Å². The fourth-order valence-electron chi connectivity index (χ4n) is 4.42. The van der Waals surface area contributed by atoms with Crippen LogP contribution >= 0.6 is 0 Å². The number of aliphatic carboxylic acids is 1. The van der Waals surface area contributed by atoms with Crippen LogP contribution in [0.25, 0.3) is 0 Å². The van der Waals surface area contributed by atoms with Crippen molar-refractivity contribution < 1.29 is 19.5 Å². The molecule has 5 nitrogen and oxygen atoms in total. The fraction of sp³-hybridized carbons (Fsp3) is 0.812. The van der Waals surface area contributed by atoms with Gasteiger partial charge in [0.25, 0.3) is 0 Å². The summed E-state index contributed by atoms with van der Waals surface area (Å²) in [6.45, 7) is 0. The average molecular weight is 293 g/mol. The van der Waals surface area contributed by atoms with Gasteiger partial charge in [-0.25, -0.2) is 0 Å². The Morgan fingerprint density at radius 2 is 1.62 bits per heavy atom. The molecule has 0 atom stereocenters. The van der Waals surface area contributed by atoms with Crippen LogP contribution in [0, 0.1) is 5.41 Å². The van der Waals surface area contributed by atoms with Crippen LogP contribution in [0.15, 0.2) is 0 Å². The third kappa shape index (κ3) is 2.27. The van der Waals surface area contributed by atoms with Crippen LogP contribution in [-0.4, -0.2) is 33.3 Å². The summed E-state index contributed by atoms with van der Waals surface area (Å²) in [5.74, 6) is -1.13. The Morgan fingerprint density at radius 3 is 2.10 bits per heavy atom. The second-order valence-corrected chi connectivity index (χ2v) is 7.05. The number of carboxylic acid groups (broad SMARTS) is 1. The van der Waals surface area contributed by atoms with Crippen LogP contribution in [-0.2, 0) is 14.4 Å². The second-order valence-electron chi connectivity index (χ2n) is 7.05. The van der Waals surface area contributed by atoms with Gasteiger partial charge in [0.1, 0.15) is 0 Å². The highest BCUT2D eigenvalue weighted by atomic mass is 16.4. The molecule has 0 aromatic heterocycles. The quantitative estimate of drug-likeness (QED) is 0.811. The molecule has 0 aromatic rings. The molecule has 1 saturated heterocycles. The summed E-state index contributed by atoms with van der Waals surface area (Å²) in [4.78, 5) is 38.0. The molecule has 1 aliphatic heterocycles. The maximum atomic E-state index is 13.0. The standard InChI is InChI=1S/C16H23NO4/c18-12-10-15(6-3-1-2-4-7-15)14(21)17(12)16(8-5-9-16)11-13(19)20/h1-11H2,(H,19,20). The zero-order chi connectivity index (χ0) is 15.1. The van der Waals surface area contributed by atoms with E-state index in [4.69, 9.17) is 5.11 Å². The summed E-state index contributed by atoms with van der Waals surface area (Å²) in [5.41, 5.74) is -1.25. The summed E-state index contributed by atoms with van der Waals surface area (Å²) in [6, 6.07) is 0. The van der Waals surface area contributed by atoms with E-state index >= 15 is 0 Å². The van der Waals surface area contributed by atoms with E-state index in [2.05, 4.69) is 0 Å². The Kier molecular flexibility index (Phi) is 3.54. The van der Waals surface area contributed by atoms with E-state index in [1.807, 2.05) is 0 Å². The lowest BCUT2D eigenvalue weighted by atomic mass is 9.72. The van der Waals surface area contributed by atoms with Gasteiger partial charge in [-0.3, -0.25) is 19.3 Å². The summed E-state index contributed by atoms with van der Waals surface area (Å²) in [7, 11) is 0. The zero-order valence-corrected chi connectivity index (χ0v) is 12.4. The van der Waals surface area contributed by atoms with Crippen LogP contribution in [0.2, 0.25) is 0 Å². The predicted molar refractivity (Wildman–Crippen MR) is 75.4 cm³/mol. The third-order valence-corrected chi connectivity index (χ3v) is 5.70. The van der Waals surface area contributed by atoms with Crippen molar-refractivity contribution in [2.24, 2.45) is 5.41 Å². The molecular weight excluding hydrogens is 270 g/mol. The highest BCUT2D eigenvalue weighted by Gasteiger charge is 2.59. The van der Waals surface area contributed by atoms with Gasteiger partial charge in [0.2, 0.25) is 11.8 Å². The first-order chi connectivity index (χ1) is 9.99. The monoisotopic (exact) mass is 293 g/mol. The van der Waals surface area contributed by atoms with E-state index < -0.39 is 16.9 Å². The van der Waals surface area contributed by atoms with Crippen molar-refractivity contribution >= 4 is 17.8 Å². The van der Waals surface area contributed by atoms with E-state index in [1.54, 1.807) is 0 Å². The molecule has 3 aliphatic rings. The second kappa shape index (κ2) is 5.11. The number of carbonyl (C=O) groups excluding carboxylic acids is 2. The minimum Gasteiger partial charge on any atom is -0.481 e. The lowest BCUT2D eigenvalue weighted by molar-refractivity contribution is -0.157. The van der Waals surface area contributed by atoms with Gasteiger partial charge in [-0.15, -0.1) is 0 Å². The van der Waals surface area contributed by atoms with Gasteiger partial charge < -0.3 is 5.11 Å². The van der Waals surface area contributed by atoms with Gasteiger partial charge in [-0.05, 0) is 32.1 Å². The van der Waals surface area contributed by atoms with Gasteiger partial charge in [0, 0.05) is 6.42 Å². The van der Waals surface area contributed by atoms with Crippen LogP contribution in [0.3, 0.4) is 0 Å². The van der Waals surface area contributed by atoms with Crippen LogP contribution < -0.4 is 0 Å². The number of carboxylic acids is 1. The molecule has 3 fully saturated rings. The largest absolute Gasteiger partial charge is 0.481 e. The van der Waals surface area contributed by atoms with Crippen LogP contribution in [0.1, 0.15) is 70.6 Å². The van der Waals surface area contributed by atoms with E-state index in [0.29, 0.717) is 19.3 Å². The number of carbonyl (C=O) groups is 3. The van der Waals surface area contributed by atoms with Gasteiger partial charge in [-0.2, -0.15) is 0 Å². The topological polar surface area (TPSA) is 74.7 Å². The molecule has 1 spiro atoms. The van der Waals surface area contributed by atoms with Gasteiger partial charge in [0.15, 0.2) is 0 Å². The van der Waals surface area contributed by atoms with Crippen molar-refractivity contribution in [3.63, 3.8) is 0 Å². The van der Waals surface area contributed by atoms with E-state index in [1.165, 1.54) is 4.90 Å². The van der Waals surface area contributed by atoms with Gasteiger partial charge in [-0.1, -0.05) is 25.7 Å². The highest BCUT2D eigenvalue weighted by Crippen LogP contribution is 2.51. The zero-order valence-electron chi connectivity index (χ0n) is 12.4. The Bertz CT molecular complexity index is 473. The Balaban J connectivity index is 1.88. The Hall–Kier alpha value is -1.39. The third-order valence-electron chi connectivity index (χ3n) is 5.70. The van der Waals surface area contributed by atoms with Crippen molar-refractivity contribution in [3.05, 3.63) is 0 Å². The Morgan fingerprint density at radius 1 is 1.00 bits per heavy atom. The van der Waals surface area contributed by atoms with Crippen molar-refractivity contribution in [1.29, 1.82) is 0 Å². The first-order valence-corrected chi connectivity index (χ1v) is 8.09. The fourth-order valence-corrected chi connectivity index (χ4v) is 4.42. The Labute approximate surface area is 124 Å². The number of rotatable bonds is 3. The summed E-state index contributed by atoms with van der Waals surface area (Å²) < 4.78 is 0. The molecule has 1 heterocycles. The van der Waals surface area contributed by atoms with E-state index in [-0.39, 0.29) is 18.2 Å². The molecule has 3 rings (SSSR count). The molecule has 116 valence electrons. The SMILES string of the molecule is O=C(O)CC1(N2C(=O)CC3(CCCCCC3)C2=O)CCC1. The van der Waals surface area contributed by atoms with Gasteiger partial charge in [0.05, 0.1) is 17.4 Å². The van der Waals surface area contributed by atoms with Crippen molar-refractivity contribution in [3.8, 4) is 0 Å². The number of hydrogen-bond acceptors (Lipinski definition) is 3. The summed E-state index contributed by atoms with van der Waals surface area (Å²) in [5, 5.41) is 9.14. The normalized spacial score (nSPS) is 27.5. The number of nitrogens with zero attached hydrogens (tertiary/aromatic N) is 1. The maximum absolute atomic E-state index is 13.0. The molecule has 2 aliphatic carbocycles. The molecule has 5 heteroatoms.